The molecule has 2 aromatic heterocycles. The highest BCUT2D eigenvalue weighted by molar-refractivity contribution is 7.20. The lowest BCUT2D eigenvalue weighted by atomic mass is 9.97. The van der Waals surface area contributed by atoms with Crippen LogP contribution in [0.2, 0.25) is 0 Å². The average molecular weight is 660 g/mol. The molecule has 1 aliphatic rings. The minimum atomic E-state index is -0.330. The molecule has 0 spiro atoms. The molecule has 0 saturated carbocycles. The van der Waals surface area contributed by atoms with Gasteiger partial charge in [-0.2, -0.15) is 0 Å². The lowest BCUT2D eigenvalue weighted by molar-refractivity contribution is -0.129. The Morgan fingerprint density at radius 1 is 0.917 bits per heavy atom. The first-order valence-corrected chi connectivity index (χ1v) is 16.6. The van der Waals surface area contributed by atoms with Crippen LogP contribution in [0, 0.1) is 6.92 Å². The van der Waals surface area contributed by atoms with Gasteiger partial charge in [0.15, 0.2) is 0 Å². The highest BCUT2D eigenvalue weighted by Crippen LogP contribution is 2.32. The molecule has 10 heteroatoms. The van der Waals surface area contributed by atoms with Gasteiger partial charge in [0.25, 0.3) is 11.5 Å². The smallest absolute Gasteiger partial charge is 0.265 e. The van der Waals surface area contributed by atoms with Gasteiger partial charge in [0, 0.05) is 68.7 Å². The van der Waals surface area contributed by atoms with Gasteiger partial charge < -0.3 is 25.0 Å². The summed E-state index contributed by atoms with van der Waals surface area (Å²) in [6.45, 7) is 9.61. The number of carbonyl (C=O) groups excluding carboxylic acids is 3. The molecule has 6 rings (SSSR count). The van der Waals surface area contributed by atoms with Crippen LogP contribution in [0.5, 0.6) is 0 Å². The first-order chi connectivity index (χ1) is 23.1. The second-order valence-electron chi connectivity index (χ2n) is 12.0. The average Bonchev–Trinajstić information content (AvgIpc) is 3.53. The summed E-state index contributed by atoms with van der Waals surface area (Å²) >= 11 is 1.46. The summed E-state index contributed by atoms with van der Waals surface area (Å²) < 4.78 is 2.64. The monoisotopic (exact) mass is 659 g/mol. The van der Waals surface area contributed by atoms with Crippen LogP contribution in [0.15, 0.2) is 96.4 Å². The Bertz CT molecular complexity index is 2090. The van der Waals surface area contributed by atoms with E-state index in [4.69, 9.17) is 0 Å². The molecule has 2 N–H and O–H groups in total. The summed E-state index contributed by atoms with van der Waals surface area (Å²) in [6.07, 6.45) is 3.38. The van der Waals surface area contributed by atoms with Crippen LogP contribution in [0.3, 0.4) is 0 Å². The van der Waals surface area contributed by atoms with E-state index in [1.807, 2.05) is 90.8 Å². The molecule has 48 heavy (non-hydrogen) atoms. The van der Waals surface area contributed by atoms with Crippen LogP contribution >= 0.6 is 11.3 Å². The second kappa shape index (κ2) is 13.7. The van der Waals surface area contributed by atoms with Crippen LogP contribution in [-0.2, 0) is 23.1 Å². The van der Waals surface area contributed by atoms with Gasteiger partial charge in [0.1, 0.15) is 0 Å². The maximum absolute atomic E-state index is 13.4. The molecule has 3 aromatic carbocycles. The number of thiophene rings is 1. The number of nitrogens with zero attached hydrogens (tertiary/aromatic N) is 3. The molecule has 0 bridgehead atoms. The van der Waals surface area contributed by atoms with Crippen molar-refractivity contribution in [3.8, 4) is 11.1 Å². The van der Waals surface area contributed by atoms with Crippen LogP contribution in [0.1, 0.15) is 33.3 Å². The Morgan fingerprint density at radius 3 is 2.42 bits per heavy atom. The molecule has 244 valence electrons. The number of anilines is 3. The minimum Gasteiger partial charge on any atom is -0.366 e. The van der Waals surface area contributed by atoms with E-state index in [1.54, 1.807) is 18.5 Å². The highest BCUT2D eigenvalue weighted by Gasteiger charge is 2.22. The fraction of sp³-hybridized carbons (Fsp3) is 0.211. The van der Waals surface area contributed by atoms with E-state index >= 15 is 0 Å². The van der Waals surface area contributed by atoms with E-state index in [2.05, 4.69) is 22.1 Å². The Kier molecular flexibility index (Phi) is 9.27. The zero-order valence-electron chi connectivity index (χ0n) is 27.2. The summed E-state index contributed by atoms with van der Waals surface area (Å²) in [5, 5.41) is 7.05. The molecule has 1 saturated heterocycles. The van der Waals surface area contributed by atoms with Gasteiger partial charge in [-0.15, -0.1) is 11.3 Å². The van der Waals surface area contributed by atoms with E-state index in [-0.39, 0.29) is 23.3 Å². The number of piperazine rings is 1. The van der Waals surface area contributed by atoms with Gasteiger partial charge >= 0.3 is 0 Å². The van der Waals surface area contributed by atoms with Gasteiger partial charge in [0.05, 0.1) is 16.3 Å². The van der Waals surface area contributed by atoms with Crippen molar-refractivity contribution in [3.63, 3.8) is 0 Å². The molecular weight excluding hydrogens is 623 g/mol. The highest BCUT2D eigenvalue weighted by atomic mass is 32.1. The molecule has 3 amide bonds. The predicted molar refractivity (Wildman–Crippen MR) is 194 cm³/mol. The van der Waals surface area contributed by atoms with E-state index in [9.17, 15) is 19.2 Å². The van der Waals surface area contributed by atoms with E-state index in [0.29, 0.717) is 54.4 Å². The molecule has 1 aliphatic heterocycles. The summed E-state index contributed by atoms with van der Waals surface area (Å²) in [6, 6.07) is 23.3. The van der Waals surface area contributed by atoms with Crippen molar-refractivity contribution in [1.29, 1.82) is 0 Å². The van der Waals surface area contributed by atoms with Crippen LogP contribution < -0.4 is 21.1 Å². The molecule has 0 aliphatic carbocycles. The molecule has 0 atom stereocenters. The number of aryl methyl sites for hydroxylation is 1. The molecule has 9 nitrogen and oxygen atoms in total. The molecule has 1 fully saturated rings. The van der Waals surface area contributed by atoms with Crippen molar-refractivity contribution in [2.75, 3.05) is 41.7 Å². The van der Waals surface area contributed by atoms with Crippen molar-refractivity contribution in [1.82, 2.24) is 9.47 Å². The quantitative estimate of drug-likeness (QED) is 0.193. The van der Waals surface area contributed by atoms with Gasteiger partial charge in [0.2, 0.25) is 11.8 Å². The summed E-state index contributed by atoms with van der Waals surface area (Å²) in [4.78, 5) is 55.4. The summed E-state index contributed by atoms with van der Waals surface area (Å²) in [5.41, 5.74) is 6.15. The zero-order valence-corrected chi connectivity index (χ0v) is 28.0. The van der Waals surface area contributed by atoms with Crippen LogP contribution in [-0.4, -0.2) is 53.4 Å². The first-order valence-electron chi connectivity index (χ1n) is 15.8. The van der Waals surface area contributed by atoms with Gasteiger partial charge in [-0.25, -0.2) is 0 Å². The number of aromatic nitrogens is 1. The Labute approximate surface area is 283 Å². The standard InChI is InChI=1S/C38H37N5O4S/c1-5-36(45)39-32-20-26(13-14-33(32)43-17-15-42(16-18-43)25(3)44)19-28-21-29(23-41(4)38(28)47)30-10-8-11-31(24(30)2)40-37(46)35-22-27-9-6-7-12-34(27)48-35/h5-14,20-23H,1,15-19H2,2-4H3,(H,39,45)(H,40,46). The maximum atomic E-state index is 13.4. The van der Waals surface area contributed by atoms with E-state index in [0.717, 1.165) is 38.0 Å². The fourth-order valence-electron chi connectivity index (χ4n) is 6.15. The van der Waals surface area contributed by atoms with Crippen molar-refractivity contribution in [3.05, 3.63) is 124 Å². The van der Waals surface area contributed by atoms with Gasteiger partial charge in [-0.1, -0.05) is 43.0 Å². The van der Waals surface area contributed by atoms with Crippen molar-refractivity contribution < 1.29 is 14.4 Å². The SMILES string of the molecule is C=CC(=O)Nc1cc(Cc2cc(-c3cccc(NC(=O)c4cc5ccccc5s4)c3C)cn(C)c2=O)ccc1N1CCN(C(C)=O)CC1. The predicted octanol–water partition coefficient (Wildman–Crippen LogP) is 6.21. The summed E-state index contributed by atoms with van der Waals surface area (Å²) in [7, 11) is 1.73. The fourth-order valence-corrected chi connectivity index (χ4v) is 7.11. The number of benzene rings is 3. The number of hydrogen-bond acceptors (Lipinski definition) is 6. The second-order valence-corrected chi connectivity index (χ2v) is 13.0. The molecule has 3 heterocycles. The van der Waals surface area contributed by atoms with Crippen molar-refractivity contribution in [2.24, 2.45) is 7.05 Å². The van der Waals surface area contributed by atoms with Crippen molar-refractivity contribution in [2.45, 2.75) is 20.3 Å². The number of carbonyl (C=O) groups is 3. The van der Waals surface area contributed by atoms with Crippen molar-refractivity contribution >= 4 is 56.2 Å². The molecular formula is C38H37N5O4S. The lowest BCUT2D eigenvalue weighted by Crippen LogP contribution is -2.48. The third kappa shape index (κ3) is 6.79. The Hall–Kier alpha value is -5.48. The number of pyridine rings is 1. The van der Waals surface area contributed by atoms with E-state index < -0.39 is 0 Å². The normalized spacial score (nSPS) is 13.0. The number of nitrogens with one attached hydrogen (secondary N) is 2. The molecule has 5 aromatic rings. The van der Waals surface area contributed by atoms with E-state index in [1.165, 1.54) is 17.4 Å². The maximum Gasteiger partial charge on any atom is 0.265 e. The number of amides is 3. The third-order valence-corrected chi connectivity index (χ3v) is 9.88. The first kappa shape index (κ1) is 32.5. The Morgan fingerprint density at radius 2 is 1.69 bits per heavy atom. The molecule has 0 unspecified atom stereocenters. The van der Waals surface area contributed by atoms with Gasteiger partial charge in [-0.3, -0.25) is 19.2 Å². The minimum absolute atomic E-state index is 0.0489. The largest absolute Gasteiger partial charge is 0.366 e. The van der Waals surface area contributed by atoms with Crippen LogP contribution in [0.4, 0.5) is 17.1 Å². The lowest BCUT2D eigenvalue weighted by Gasteiger charge is -2.36. The zero-order chi connectivity index (χ0) is 33.9. The number of rotatable bonds is 8. The van der Waals surface area contributed by atoms with Gasteiger partial charge in [-0.05, 0) is 77.0 Å². The third-order valence-electron chi connectivity index (χ3n) is 8.76. The molecule has 0 radical (unpaired) electrons. The number of hydrogen-bond donors (Lipinski definition) is 2. The Balaban J connectivity index is 1.27. The summed E-state index contributed by atoms with van der Waals surface area (Å²) in [5.74, 6) is -0.447. The number of fused-ring (bicyclic) bond motifs is 1. The van der Waals surface area contributed by atoms with Crippen LogP contribution in [0.25, 0.3) is 21.2 Å². The topological polar surface area (TPSA) is 104 Å².